The quantitative estimate of drug-likeness (QED) is 0.234. The second kappa shape index (κ2) is 12.9. The van der Waals surface area contributed by atoms with Crippen LogP contribution in [0.25, 0.3) is 0 Å². The van der Waals surface area contributed by atoms with E-state index < -0.39 is 15.0 Å². The fourth-order valence-corrected chi connectivity index (χ4v) is 6.32. The Balaban J connectivity index is 1.43. The number of rotatable bonds is 10. The third-order valence-corrected chi connectivity index (χ3v) is 8.50. The van der Waals surface area contributed by atoms with E-state index in [9.17, 15) is 18.3 Å². The number of aliphatic hydroxyl groups is 1. The summed E-state index contributed by atoms with van der Waals surface area (Å²) in [5, 5.41) is 12.9. The zero-order valence-corrected chi connectivity index (χ0v) is 23.8. The fourth-order valence-electron chi connectivity index (χ4n) is 4.40. The SMILES string of the molecule is CS(=O)(=O)Nc1ccc([C@]2(Cl)CSC(NC(=O)N(CCO)CCC(c3ccccc3)c3ccccc3)=N2)cc1. The Hall–Kier alpha value is -3.05. The zero-order valence-electron chi connectivity index (χ0n) is 21.5. The smallest absolute Gasteiger partial charge is 0.323 e. The van der Waals surface area contributed by atoms with Gasteiger partial charge in [-0.1, -0.05) is 96.2 Å². The van der Waals surface area contributed by atoms with Crippen molar-refractivity contribution in [1.29, 1.82) is 0 Å². The molecule has 1 atom stereocenters. The lowest BCUT2D eigenvalue weighted by atomic mass is 9.88. The highest BCUT2D eigenvalue weighted by molar-refractivity contribution is 8.14. The Labute approximate surface area is 238 Å². The Bertz CT molecular complexity index is 1350. The maximum atomic E-state index is 13.2. The Morgan fingerprint density at radius 3 is 2.15 bits per heavy atom. The number of hydrogen-bond acceptors (Lipinski definition) is 6. The summed E-state index contributed by atoms with van der Waals surface area (Å²) in [4.78, 5) is 18.2. The largest absolute Gasteiger partial charge is 0.395 e. The standard InChI is InChI=1S/C28H31ClN4O4S2/c1-39(36,37)32-24-14-12-23(13-15-24)28(29)20-38-26(31-28)30-27(35)33(18-19-34)17-16-25(21-8-4-2-5-9-21)22-10-6-3-7-11-22/h2-15,25,32,34H,16-20H2,1H3,(H,30,31,35)/t28-/m0/s1. The minimum atomic E-state index is -3.39. The van der Waals surface area contributed by atoms with E-state index in [-0.39, 0.29) is 25.1 Å². The van der Waals surface area contributed by atoms with E-state index in [0.29, 0.717) is 35.1 Å². The first kappa shape index (κ1) is 28.9. The number of amidine groups is 1. The van der Waals surface area contributed by atoms with E-state index in [2.05, 4.69) is 39.3 Å². The highest BCUT2D eigenvalue weighted by atomic mass is 35.5. The summed E-state index contributed by atoms with van der Waals surface area (Å²) in [7, 11) is -3.39. The highest BCUT2D eigenvalue weighted by Gasteiger charge is 2.36. The molecule has 0 radical (unpaired) electrons. The molecule has 0 spiro atoms. The first-order valence-electron chi connectivity index (χ1n) is 12.4. The van der Waals surface area contributed by atoms with Crippen molar-refractivity contribution in [2.75, 3.05) is 36.4 Å². The first-order chi connectivity index (χ1) is 18.7. The molecular formula is C28H31ClN4O4S2. The molecular weight excluding hydrogens is 556 g/mol. The summed E-state index contributed by atoms with van der Waals surface area (Å²) < 4.78 is 25.3. The van der Waals surface area contributed by atoms with Gasteiger partial charge in [-0.15, -0.1) is 0 Å². The predicted molar refractivity (Wildman–Crippen MR) is 159 cm³/mol. The summed E-state index contributed by atoms with van der Waals surface area (Å²) >= 11 is 8.11. The molecule has 0 aromatic heterocycles. The van der Waals surface area contributed by atoms with Crippen molar-refractivity contribution in [3.8, 4) is 0 Å². The number of benzene rings is 3. The van der Waals surface area contributed by atoms with Crippen LogP contribution in [0.15, 0.2) is 89.9 Å². The average Bonchev–Trinajstić information content (AvgIpc) is 3.30. The molecule has 3 aromatic rings. The van der Waals surface area contributed by atoms with Gasteiger partial charge in [0.05, 0.1) is 12.9 Å². The fraction of sp³-hybridized carbons (Fsp3) is 0.286. The van der Waals surface area contributed by atoms with Gasteiger partial charge in [0, 0.05) is 30.4 Å². The average molecular weight is 587 g/mol. The number of carbonyl (C=O) groups excluding carboxylic acids is 1. The second-order valence-corrected chi connectivity index (χ2v) is 12.6. The van der Waals surface area contributed by atoms with Gasteiger partial charge in [-0.05, 0) is 35.2 Å². The van der Waals surface area contributed by atoms with Crippen LogP contribution in [0.4, 0.5) is 10.5 Å². The van der Waals surface area contributed by atoms with E-state index in [1.165, 1.54) is 11.8 Å². The molecule has 0 unspecified atom stereocenters. The van der Waals surface area contributed by atoms with Crippen molar-refractivity contribution >= 4 is 50.3 Å². The lowest BCUT2D eigenvalue weighted by Gasteiger charge is -2.25. The Morgan fingerprint density at radius 1 is 1.03 bits per heavy atom. The molecule has 3 aromatic carbocycles. The monoisotopic (exact) mass is 586 g/mol. The van der Waals surface area contributed by atoms with Crippen LogP contribution in [-0.4, -0.2) is 61.3 Å². The number of amides is 2. The van der Waals surface area contributed by atoms with Crippen LogP contribution in [-0.2, 0) is 15.0 Å². The van der Waals surface area contributed by atoms with Gasteiger partial charge in [0.1, 0.15) is 0 Å². The van der Waals surface area contributed by atoms with E-state index in [1.54, 1.807) is 29.2 Å². The van der Waals surface area contributed by atoms with Gasteiger partial charge in [-0.25, -0.2) is 18.2 Å². The number of alkyl halides is 1. The molecule has 0 saturated carbocycles. The van der Waals surface area contributed by atoms with Gasteiger partial charge in [0.15, 0.2) is 10.2 Å². The highest BCUT2D eigenvalue weighted by Crippen LogP contribution is 2.40. The molecule has 8 nitrogen and oxygen atoms in total. The van der Waals surface area contributed by atoms with Gasteiger partial charge < -0.3 is 10.0 Å². The number of hydrogen-bond donors (Lipinski definition) is 3. The van der Waals surface area contributed by atoms with Crippen molar-refractivity contribution in [1.82, 2.24) is 10.2 Å². The van der Waals surface area contributed by atoms with Gasteiger partial charge >= 0.3 is 6.03 Å². The number of anilines is 1. The van der Waals surface area contributed by atoms with Crippen LogP contribution >= 0.6 is 23.4 Å². The summed E-state index contributed by atoms with van der Waals surface area (Å²) in [6.07, 6.45) is 1.76. The molecule has 0 bridgehead atoms. The normalized spacial score (nSPS) is 17.1. The van der Waals surface area contributed by atoms with E-state index in [4.69, 9.17) is 11.6 Å². The predicted octanol–water partition coefficient (Wildman–Crippen LogP) is 4.78. The van der Waals surface area contributed by atoms with Crippen molar-refractivity contribution in [3.63, 3.8) is 0 Å². The summed E-state index contributed by atoms with van der Waals surface area (Å²) in [6, 6.07) is 26.6. The molecule has 4 rings (SSSR count). The van der Waals surface area contributed by atoms with Gasteiger partial charge in [-0.3, -0.25) is 10.0 Å². The van der Waals surface area contributed by atoms with Crippen LogP contribution in [0.2, 0.25) is 0 Å². The van der Waals surface area contributed by atoms with E-state index in [1.807, 2.05) is 36.4 Å². The van der Waals surface area contributed by atoms with Crippen LogP contribution in [0, 0.1) is 0 Å². The summed E-state index contributed by atoms with van der Waals surface area (Å²) in [5.74, 6) is 0.489. The number of urea groups is 1. The molecule has 0 aliphatic carbocycles. The van der Waals surface area contributed by atoms with Gasteiger partial charge in [0.2, 0.25) is 10.0 Å². The van der Waals surface area contributed by atoms with Gasteiger partial charge in [-0.2, -0.15) is 0 Å². The maximum absolute atomic E-state index is 13.2. The van der Waals surface area contributed by atoms with Gasteiger partial charge in [0.25, 0.3) is 0 Å². The molecule has 11 heteroatoms. The minimum Gasteiger partial charge on any atom is -0.395 e. The molecule has 1 aliphatic rings. The number of nitrogens with one attached hydrogen (secondary N) is 2. The lowest BCUT2D eigenvalue weighted by molar-refractivity contribution is 0.180. The number of nitrogens with zero attached hydrogens (tertiary/aromatic N) is 2. The van der Waals surface area contributed by atoms with Crippen LogP contribution < -0.4 is 10.0 Å². The van der Waals surface area contributed by atoms with Crippen molar-refractivity contribution in [2.24, 2.45) is 4.99 Å². The molecule has 1 aliphatic heterocycles. The number of thioether (sulfide) groups is 1. The third kappa shape index (κ3) is 7.98. The summed E-state index contributed by atoms with van der Waals surface area (Å²) in [5.41, 5.74) is 3.43. The molecule has 2 amide bonds. The van der Waals surface area contributed by atoms with Crippen molar-refractivity contribution < 1.29 is 18.3 Å². The van der Waals surface area contributed by atoms with Crippen molar-refractivity contribution in [2.45, 2.75) is 17.3 Å². The molecule has 3 N–H and O–H groups in total. The molecule has 1 heterocycles. The number of carbonyl (C=O) groups is 1. The second-order valence-electron chi connectivity index (χ2n) is 9.22. The number of sulfonamides is 1. The molecule has 0 saturated heterocycles. The first-order valence-corrected chi connectivity index (χ1v) is 15.7. The minimum absolute atomic E-state index is 0.0928. The lowest BCUT2D eigenvalue weighted by Crippen LogP contribution is -2.44. The molecule has 0 fully saturated rings. The van der Waals surface area contributed by atoms with Crippen LogP contribution in [0.1, 0.15) is 29.0 Å². The van der Waals surface area contributed by atoms with Crippen LogP contribution in [0.3, 0.4) is 0 Å². The van der Waals surface area contributed by atoms with E-state index in [0.717, 1.165) is 17.4 Å². The van der Waals surface area contributed by atoms with Crippen molar-refractivity contribution in [3.05, 3.63) is 102 Å². The Morgan fingerprint density at radius 2 is 1.62 bits per heavy atom. The van der Waals surface area contributed by atoms with E-state index >= 15 is 0 Å². The maximum Gasteiger partial charge on any atom is 0.323 e. The Kier molecular flexibility index (Phi) is 9.55. The number of halogens is 1. The third-order valence-electron chi connectivity index (χ3n) is 6.27. The molecule has 39 heavy (non-hydrogen) atoms. The van der Waals surface area contributed by atoms with Crippen LogP contribution in [0.5, 0.6) is 0 Å². The zero-order chi connectivity index (χ0) is 27.9. The molecule has 206 valence electrons. The number of aliphatic hydroxyl groups excluding tert-OH is 1. The number of aliphatic imine (C=N–C) groups is 1. The summed E-state index contributed by atoms with van der Waals surface area (Å²) in [6.45, 7) is 0.447. The topological polar surface area (TPSA) is 111 Å².